The Kier molecular flexibility index (Phi) is 3.49. The summed E-state index contributed by atoms with van der Waals surface area (Å²) in [6.45, 7) is 6.19. The molecular weight excluding hydrogens is 275 g/mol. The third kappa shape index (κ3) is 2.94. The van der Waals surface area contributed by atoms with Gasteiger partial charge in [0, 0.05) is 10.8 Å². The first-order chi connectivity index (χ1) is 8.36. The zero-order valence-corrected chi connectivity index (χ0v) is 11.7. The minimum Gasteiger partial charge on any atom is -0.314 e. The van der Waals surface area contributed by atoms with Crippen molar-refractivity contribution in [3.8, 4) is 0 Å². The first kappa shape index (κ1) is 13.2. The van der Waals surface area contributed by atoms with Gasteiger partial charge >= 0.3 is 0 Å². The van der Waals surface area contributed by atoms with Crippen molar-refractivity contribution in [2.45, 2.75) is 26.2 Å². The Morgan fingerprint density at radius 2 is 2.06 bits per heavy atom. The van der Waals surface area contributed by atoms with Crippen LogP contribution in [0.3, 0.4) is 0 Å². The monoisotopic (exact) mass is 286 g/mol. The van der Waals surface area contributed by atoms with Crippen molar-refractivity contribution in [2.24, 2.45) is 0 Å². The van der Waals surface area contributed by atoms with Crippen LogP contribution in [0.25, 0.3) is 0 Å². The van der Waals surface area contributed by atoms with Crippen LogP contribution in [-0.4, -0.2) is 15.0 Å². The van der Waals surface area contributed by atoms with E-state index in [1.54, 1.807) is 0 Å². The molecule has 0 unspecified atom stereocenters. The van der Waals surface area contributed by atoms with E-state index in [0.29, 0.717) is 5.13 Å². The molecule has 0 bridgehead atoms. The van der Waals surface area contributed by atoms with Crippen molar-refractivity contribution in [1.82, 2.24) is 15.0 Å². The molecule has 0 aliphatic rings. The first-order valence-electron chi connectivity index (χ1n) is 5.27. The number of hydrogen-bond donors (Lipinski definition) is 1. The van der Waals surface area contributed by atoms with Crippen molar-refractivity contribution < 1.29 is 4.39 Å². The summed E-state index contributed by atoms with van der Waals surface area (Å²) < 4.78 is 13.4. The van der Waals surface area contributed by atoms with Crippen LogP contribution in [0.5, 0.6) is 0 Å². The Bertz CT molecular complexity index is 564. The lowest BCUT2D eigenvalue weighted by Gasteiger charge is -2.14. The molecule has 0 atom stereocenters. The van der Waals surface area contributed by atoms with Crippen molar-refractivity contribution in [1.29, 1.82) is 0 Å². The molecule has 0 amide bonds. The number of rotatable bonds is 2. The first-order valence-corrected chi connectivity index (χ1v) is 6.53. The standard InChI is InChI=1S/C11H12ClFN4S/c1-11(2,3)7-5-18-10(15-7)17-8-6(13)4-14-9(12)16-8/h4-5H,1-3H3,(H,14,15,16,17). The molecule has 1 N–H and O–H groups in total. The maximum Gasteiger partial charge on any atom is 0.224 e. The Balaban J connectivity index is 2.24. The summed E-state index contributed by atoms with van der Waals surface area (Å²) in [5.74, 6) is -0.531. The number of halogens is 2. The summed E-state index contributed by atoms with van der Waals surface area (Å²) >= 11 is 7.01. The number of hydrogen-bond acceptors (Lipinski definition) is 5. The lowest BCUT2D eigenvalue weighted by molar-refractivity contribution is 0.573. The van der Waals surface area contributed by atoms with E-state index in [1.165, 1.54) is 11.3 Å². The van der Waals surface area contributed by atoms with Crippen LogP contribution in [0.4, 0.5) is 15.3 Å². The molecule has 0 radical (unpaired) electrons. The second-order valence-electron chi connectivity index (χ2n) is 4.75. The summed E-state index contributed by atoms with van der Waals surface area (Å²) in [6.07, 6.45) is 1.02. The van der Waals surface area contributed by atoms with E-state index in [0.717, 1.165) is 11.9 Å². The molecule has 0 aromatic carbocycles. The van der Waals surface area contributed by atoms with Gasteiger partial charge in [-0.25, -0.2) is 14.4 Å². The van der Waals surface area contributed by atoms with Crippen molar-refractivity contribution >= 4 is 33.9 Å². The van der Waals surface area contributed by atoms with E-state index < -0.39 is 5.82 Å². The zero-order chi connectivity index (χ0) is 13.3. The van der Waals surface area contributed by atoms with Gasteiger partial charge in [0.15, 0.2) is 16.8 Å². The normalized spacial score (nSPS) is 11.6. The molecule has 2 rings (SSSR count). The summed E-state index contributed by atoms with van der Waals surface area (Å²) in [7, 11) is 0. The summed E-state index contributed by atoms with van der Waals surface area (Å²) in [6, 6.07) is 0. The molecule has 18 heavy (non-hydrogen) atoms. The number of nitrogens with one attached hydrogen (secondary N) is 1. The molecule has 0 aliphatic heterocycles. The van der Waals surface area contributed by atoms with Crippen LogP contribution >= 0.6 is 22.9 Å². The van der Waals surface area contributed by atoms with Crippen molar-refractivity contribution in [2.75, 3.05) is 5.32 Å². The highest BCUT2D eigenvalue weighted by Crippen LogP contribution is 2.28. The molecule has 0 spiro atoms. The number of anilines is 2. The fourth-order valence-corrected chi connectivity index (χ4v) is 2.28. The van der Waals surface area contributed by atoms with Gasteiger partial charge < -0.3 is 5.32 Å². The molecule has 7 heteroatoms. The molecule has 0 saturated heterocycles. The van der Waals surface area contributed by atoms with Gasteiger partial charge in [-0.3, -0.25) is 0 Å². The van der Waals surface area contributed by atoms with Crippen LogP contribution in [0, 0.1) is 5.82 Å². The smallest absolute Gasteiger partial charge is 0.224 e. The maximum atomic E-state index is 13.4. The van der Waals surface area contributed by atoms with E-state index >= 15 is 0 Å². The van der Waals surface area contributed by atoms with Gasteiger partial charge in [0.25, 0.3) is 0 Å². The van der Waals surface area contributed by atoms with Gasteiger partial charge in [0.2, 0.25) is 5.28 Å². The van der Waals surface area contributed by atoms with Crippen molar-refractivity contribution in [3.05, 3.63) is 28.4 Å². The molecule has 0 aliphatic carbocycles. The molecule has 2 heterocycles. The predicted molar refractivity (Wildman–Crippen MR) is 71.1 cm³/mol. The van der Waals surface area contributed by atoms with Gasteiger partial charge in [0.05, 0.1) is 11.9 Å². The number of thiazole rings is 1. The molecule has 0 fully saturated rings. The molecule has 4 nitrogen and oxygen atoms in total. The van der Waals surface area contributed by atoms with Crippen LogP contribution in [-0.2, 0) is 5.41 Å². The highest BCUT2D eigenvalue weighted by atomic mass is 35.5. The second-order valence-corrected chi connectivity index (χ2v) is 5.94. The second kappa shape index (κ2) is 4.78. The molecular formula is C11H12ClFN4S. The fraction of sp³-hybridized carbons (Fsp3) is 0.364. The lowest BCUT2D eigenvalue weighted by Crippen LogP contribution is -2.11. The average molecular weight is 287 g/mol. The Morgan fingerprint density at radius 1 is 1.33 bits per heavy atom. The van der Waals surface area contributed by atoms with Gasteiger partial charge in [-0.05, 0) is 11.6 Å². The van der Waals surface area contributed by atoms with E-state index in [2.05, 4.69) is 41.0 Å². The number of aromatic nitrogens is 3. The molecule has 2 aromatic rings. The molecule has 0 saturated carbocycles. The SMILES string of the molecule is CC(C)(C)c1csc(Nc2nc(Cl)ncc2F)n1. The number of nitrogens with zero attached hydrogens (tertiary/aromatic N) is 3. The van der Waals surface area contributed by atoms with E-state index in [1.807, 2.05) is 5.38 Å². The van der Waals surface area contributed by atoms with E-state index in [-0.39, 0.29) is 16.5 Å². The third-order valence-corrected chi connectivity index (χ3v) is 3.15. The molecule has 96 valence electrons. The minimum atomic E-state index is -0.563. The Hall–Kier alpha value is -1.27. The largest absolute Gasteiger partial charge is 0.314 e. The van der Waals surface area contributed by atoms with Gasteiger partial charge in [-0.15, -0.1) is 11.3 Å². The average Bonchev–Trinajstić information content (AvgIpc) is 2.71. The van der Waals surface area contributed by atoms with Gasteiger partial charge in [0.1, 0.15) is 0 Å². The van der Waals surface area contributed by atoms with Gasteiger partial charge in [-0.1, -0.05) is 20.8 Å². The predicted octanol–water partition coefficient (Wildman–Crippen LogP) is 3.77. The van der Waals surface area contributed by atoms with E-state index in [4.69, 9.17) is 11.6 Å². The third-order valence-electron chi connectivity index (χ3n) is 2.21. The van der Waals surface area contributed by atoms with Crippen LogP contribution in [0.1, 0.15) is 26.5 Å². The maximum absolute atomic E-state index is 13.4. The quantitative estimate of drug-likeness (QED) is 0.854. The lowest BCUT2D eigenvalue weighted by atomic mass is 9.93. The zero-order valence-electron chi connectivity index (χ0n) is 10.2. The topological polar surface area (TPSA) is 50.7 Å². The highest BCUT2D eigenvalue weighted by Gasteiger charge is 2.18. The molecule has 2 aromatic heterocycles. The summed E-state index contributed by atoms with van der Waals surface area (Å²) in [5.41, 5.74) is 0.897. The Labute approximate surface area is 113 Å². The summed E-state index contributed by atoms with van der Waals surface area (Å²) in [5, 5.41) is 5.31. The van der Waals surface area contributed by atoms with Crippen molar-refractivity contribution in [3.63, 3.8) is 0 Å². The van der Waals surface area contributed by atoms with Gasteiger partial charge in [-0.2, -0.15) is 4.98 Å². The Morgan fingerprint density at radius 3 is 2.67 bits per heavy atom. The van der Waals surface area contributed by atoms with Crippen LogP contribution < -0.4 is 5.32 Å². The van der Waals surface area contributed by atoms with Crippen LogP contribution in [0.15, 0.2) is 11.6 Å². The fourth-order valence-electron chi connectivity index (χ4n) is 1.21. The van der Waals surface area contributed by atoms with Crippen LogP contribution in [0.2, 0.25) is 5.28 Å². The highest BCUT2D eigenvalue weighted by molar-refractivity contribution is 7.13. The minimum absolute atomic E-state index is 0.00787. The summed E-state index contributed by atoms with van der Waals surface area (Å²) in [4.78, 5) is 11.7. The van der Waals surface area contributed by atoms with E-state index in [9.17, 15) is 4.39 Å².